The number of guanidine groups is 1. The van der Waals surface area contributed by atoms with Gasteiger partial charge >= 0.3 is 0 Å². The Kier molecular flexibility index (Phi) is 8.10. The van der Waals surface area contributed by atoms with Crippen LogP contribution in [-0.2, 0) is 6.42 Å². The summed E-state index contributed by atoms with van der Waals surface area (Å²) in [5.74, 6) is 3.36. The molecule has 7 heteroatoms. The first-order valence-corrected chi connectivity index (χ1v) is 9.51. The molecule has 0 aliphatic heterocycles. The average molecular weight is 374 g/mol. The SMILES string of the molecule is CCNC(=NCCc1nc(C(C)C)no1)N(C)CCOc1ccc(C)cc1. The van der Waals surface area contributed by atoms with Gasteiger partial charge in [0.15, 0.2) is 11.8 Å². The molecule has 148 valence electrons. The number of aliphatic imine (C=N–C) groups is 1. The average Bonchev–Trinajstić information content (AvgIpc) is 3.12. The number of aromatic nitrogens is 2. The van der Waals surface area contributed by atoms with E-state index in [9.17, 15) is 0 Å². The van der Waals surface area contributed by atoms with Crippen LogP contribution in [0.1, 0.15) is 44.0 Å². The molecule has 27 heavy (non-hydrogen) atoms. The summed E-state index contributed by atoms with van der Waals surface area (Å²) in [6.45, 7) is 10.9. The van der Waals surface area contributed by atoms with E-state index in [1.807, 2.05) is 45.2 Å². The second kappa shape index (κ2) is 10.5. The zero-order valence-corrected chi connectivity index (χ0v) is 17.0. The molecule has 0 amide bonds. The van der Waals surface area contributed by atoms with Gasteiger partial charge in [-0.15, -0.1) is 0 Å². The molecular formula is C20H31N5O2. The van der Waals surface area contributed by atoms with Crippen LogP contribution in [0.4, 0.5) is 0 Å². The minimum atomic E-state index is 0.267. The molecule has 0 aliphatic rings. The Labute approximate surface area is 161 Å². The molecule has 7 nitrogen and oxygen atoms in total. The van der Waals surface area contributed by atoms with Gasteiger partial charge in [-0.1, -0.05) is 36.7 Å². The molecule has 0 spiro atoms. The van der Waals surface area contributed by atoms with E-state index >= 15 is 0 Å². The number of nitrogens with zero attached hydrogens (tertiary/aromatic N) is 4. The van der Waals surface area contributed by atoms with Crippen LogP contribution in [-0.4, -0.2) is 54.3 Å². The zero-order valence-electron chi connectivity index (χ0n) is 17.0. The lowest BCUT2D eigenvalue weighted by atomic mass is 10.2. The van der Waals surface area contributed by atoms with E-state index < -0.39 is 0 Å². The fraction of sp³-hybridized carbons (Fsp3) is 0.550. The van der Waals surface area contributed by atoms with Gasteiger partial charge in [-0.05, 0) is 26.0 Å². The predicted molar refractivity (Wildman–Crippen MR) is 107 cm³/mol. The van der Waals surface area contributed by atoms with E-state index in [0.717, 1.165) is 30.6 Å². The van der Waals surface area contributed by atoms with E-state index in [1.165, 1.54) is 5.56 Å². The van der Waals surface area contributed by atoms with Crippen molar-refractivity contribution >= 4 is 5.96 Å². The third-order valence-corrected chi connectivity index (χ3v) is 4.00. The van der Waals surface area contributed by atoms with Gasteiger partial charge in [-0.3, -0.25) is 4.99 Å². The molecule has 1 aromatic heterocycles. The van der Waals surface area contributed by atoms with E-state index in [4.69, 9.17) is 9.26 Å². The van der Waals surface area contributed by atoms with Gasteiger partial charge in [-0.2, -0.15) is 4.98 Å². The fourth-order valence-electron chi connectivity index (χ4n) is 2.37. The number of nitrogens with one attached hydrogen (secondary N) is 1. The van der Waals surface area contributed by atoms with Gasteiger partial charge in [0.1, 0.15) is 12.4 Å². The molecule has 0 unspecified atom stereocenters. The summed E-state index contributed by atoms with van der Waals surface area (Å²) in [4.78, 5) is 11.1. The van der Waals surface area contributed by atoms with Gasteiger partial charge in [-0.25, -0.2) is 0 Å². The quantitative estimate of drug-likeness (QED) is 0.538. The molecule has 0 saturated heterocycles. The van der Waals surface area contributed by atoms with Crippen molar-refractivity contribution < 1.29 is 9.26 Å². The lowest BCUT2D eigenvalue weighted by Gasteiger charge is -2.22. The minimum Gasteiger partial charge on any atom is -0.492 e. The second-order valence-corrected chi connectivity index (χ2v) is 6.77. The smallest absolute Gasteiger partial charge is 0.228 e. The van der Waals surface area contributed by atoms with Crippen molar-refractivity contribution in [3.05, 3.63) is 41.5 Å². The van der Waals surface area contributed by atoms with Crippen LogP contribution < -0.4 is 10.1 Å². The van der Waals surface area contributed by atoms with Crippen molar-refractivity contribution in [3.8, 4) is 5.75 Å². The molecule has 0 fully saturated rings. The summed E-state index contributed by atoms with van der Waals surface area (Å²) in [6, 6.07) is 8.08. The van der Waals surface area contributed by atoms with Crippen LogP contribution in [0, 0.1) is 6.92 Å². The lowest BCUT2D eigenvalue weighted by Crippen LogP contribution is -2.41. The molecule has 0 saturated carbocycles. The number of hydrogen-bond donors (Lipinski definition) is 1. The Hall–Kier alpha value is -2.57. The third-order valence-electron chi connectivity index (χ3n) is 4.00. The summed E-state index contributed by atoms with van der Waals surface area (Å²) >= 11 is 0. The maximum absolute atomic E-state index is 5.80. The molecule has 2 rings (SSSR count). The summed E-state index contributed by atoms with van der Waals surface area (Å²) < 4.78 is 11.1. The minimum absolute atomic E-state index is 0.267. The maximum atomic E-state index is 5.80. The molecule has 1 aromatic carbocycles. The highest BCUT2D eigenvalue weighted by Crippen LogP contribution is 2.11. The van der Waals surface area contributed by atoms with Gasteiger partial charge in [0.05, 0.1) is 13.1 Å². The fourth-order valence-corrected chi connectivity index (χ4v) is 2.37. The van der Waals surface area contributed by atoms with Crippen molar-refractivity contribution in [1.82, 2.24) is 20.4 Å². The molecule has 0 aliphatic carbocycles. The summed E-state index contributed by atoms with van der Waals surface area (Å²) in [5.41, 5.74) is 1.22. The summed E-state index contributed by atoms with van der Waals surface area (Å²) in [5, 5.41) is 7.28. The topological polar surface area (TPSA) is 75.8 Å². The van der Waals surface area contributed by atoms with Crippen molar-refractivity contribution in [1.29, 1.82) is 0 Å². The highest BCUT2D eigenvalue weighted by Gasteiger charge is 2.10. The van der Waals surface area contributed by atoms with Gasteiger partial charge in [0.25, 0.3) is 0 Å². The van der Waals surface area contributed by atoms with Crippen molar-refractivity contribution in [3.63, 3.8) is 0 Å². The first-order chi connectivity index (χ1) is 13.0. The monoisotopic (exact) mass is 373 g/mol. The molecule has 1 heterocycles. The van der Waals surface area contributed by atoms with Crippen molar-refractivity contribution in [2.24, 2.45) is 4.99 Å². The normalized spacial score (nSPS) is 11.7. The summed E-state index contributed by atoms with van der Waals surface area (Å²) in [7, 11) is 2.00. The first-order valence-electron chi connectivity index (χ1n) is 9.51. The molecule has 1 N–H and O–H groups in total. The highest BCUT2D eigenvalue weighted by molar-refractivity contribution is 5.79. The Morgan fingerprint density at radius 1 is 1.30 bits per heavy atom. The third kappa shape index (κ3) is 6.92. The van der Waals surface area contributed by atoms with E-state index in [0.29, 0.717) is 25.5 Å². The van der Waals surface area contributed by atoms with Crippen LogP contribution >= 0.6 is 0 Å². The molecule has 2 aromatic rings. The second-order valence-electron chi connectivity index (χ2n) is 6.77. The van der Waals surface area contributed by atoms with Crippen LogP contribution in [0.25, 0.3) is 0 Å². The predicted octanol–water partition coefficient (Wildman–Crippen LogP) is 3.02. The van der Waals surface area contributed by atoms with E-state index in [2.05, 4.69) is 39.2 Å². The maximum Gasteiger partial charge on any atom is 0.228 e. The number of likely N-dealkylation sites (N-methyl/N-ethyl adjacent to an activating group) is 1. The zero-order chi connectivity index (χ0) is 19.6. The number of benzene rings is 1. The Bertz CT molecular complexity index is 709. The van der Waals surface area contributed by atoms with Crippen LogP contribution in [0.5, 0.6) is 5.75 Å². The van der Waals surface area contributed by atoms with Gasteiger partial charge in [0, 0.05) is 25.9 Å². The Morgan fingerprint density at radius 2 is 2.04 bits per heavy atom. The van der Waals surface area contributed by atoms with Crippen LogP contribution in [0.15, 0.2) is 33.8 Å². The van der Waals surface area contributed by atoms with Gasteiger partial charge in [0.2, 0.25) is 5.89 Å². The number of aryl methyl sites for hydroxylation is 1. The molecular weight excluding hydrogens is 342 g/mol. The number of hydrogen-bond acceptors (Lipinski definition) is 5. The largest absolute Gasteiger partial charge is 0.492 e. The van der Waals surface area contributed by atoms with Crippen LogP contribution in [0.2, 0.25) is 0 Å². The van der Waals surface area contributed by atoms with E-state index in [1.54, 1.807) is 0 Å². The summed E-state index contributed by atoms with van der Waals surface area (Å²) in [6.07, 6.45) is 0.627. The Balaban J connectivity index is 1.82. The standard InChI is InChI=1S/C20H31N5O2/c1-6-21-20(22-12-11-18-23-19(15(2)3)24-27-18)25(5)13-14-26-17-9-7-16(4)8-10-17/h7-10,15H,6,11-14H2,1-5H3,(H,21,22). The Morgan fingerprint density at radius 3 is 2.67 bits per heavy atom. The molecule has 0 bridgehead atoms. The van der Waals surface area contributed by atoms with Gasteiger partial charge < -0.3 is 19.5 Å². The molecule has 0 atom stereocenters. The number of ether oxygens (including phenoxy) is 1. The highest BCUT2D eigenvalue weighted by atomic mass is 16.5. The lowest BCUT2D eigenvalue weighted by molar-refractivity contribution is 0.281. The first kappa shape index (κ1) is 20.7. The van der Waals surface area contributed by atoms with E-state index in [-0.39, 0.29) is 5.92 Å². The van der Waals surface area contributed by atoms with Crippen molar-refractivity contribution in [2.45, 2.75) is 40.0 Å². The van der Waals surface area contributed by atoms with Crippen molar-refractivity contribution in [2.75, 3.05) is 33.3 Å². The molecule has 0 radical (unpaired) electrons. The van der Waals surface area contributed by atoms with Crippen LogP contribution in [0.3, 0.4) is 0 Å². The number of rotatable bonds is 9.